The molecule has 1 heterocycles. The molecule has 2 aromatic rings. The first-order valence-corrected chi connectivity index (χ1v) is 10.8. The Balaban J connectivity index is 1.87. The van der Waals surface area contributed by atoms with Crippen LogP contribution in [0.5, 0.6) is 0 Å². The van der Waals surface area contributed by atoms with Crippen molar-refractivity contribution in [2.75, 3.05) is 38.5 Å². The average molecular weight is 402 g/mol. The van der Waals surface area contributed by atoms with Crippen molar-refractivity contribution in [1.82, 2.24) is 9.21 Å². The fourth-order valence-electron chi connectivity index (χ4n) is 3.44. The summed E-state index contributed by atoms with van der Waals surface area (Å²) < 4.78 is 27.7. The van der Waals surface area contributed by atoms with Gasteiger partial charge in [-0.05, 0) is 68.8 Å². The van der Waals surface area contributed by atoms with Gasteiger partial charge in [-0.3, -0.25) is 4.79 Å². The fourth-order valence-corrected chi connectivity index (χ4v) is 5.11. The lowest BCUT2D eigenvalue weighted by molar-refractivity contribution is 0.102. The third-order valence-corrected chi connectivity index (χ3v) is 7.05. The Morgan fingerprint density at radius 3 is 2.14 bits per heavy atom. The van der Waals surface area contributed by atoms with Crippen molar-refractivity contribution < 1.29 is 13.2 Å². The quantitative estimate of drug-likeness (QED) is 0.855. The van der Waals surface area contributed by atoms with Gasteiger partial charge in [0.25, 0.3) is 5.91 Å². The van der Waals surface area contributed by atoms with Crippen LogP contribution in [0.4, 0.5) is 5.69 Å². The Bertz CT molecular complexity index is 974. The van der Waals surface area contributed by atoms with E-state index < -0.39 is 10.0 Å². The monoisotopic (exact) mass is 401 g/mol. The maximum absolute atomic E-state index is 13.1. The third-order valence-electron chi connectivity index (χ3n) is 5.01. The number of anilines is 1. The van der Waals surface area contributed by atoms with Crippen LogP contribution < -0.4 is 5.32 Å². The van der Waals surface area contributed by atoms with Crippen molar-refractivity contribution in [3.63, 3.8) is 0 Å². The van der Waals surface area contributed by atoms with E-state index in [9.17, 15) is 13.2 Å². The first-order valence-electron chi connectivity index (χ1n) is 9.36. The molecule has 3 rings (SSSR count). The van der Waals surface area contributed by atoms with Gasteiger partial charge in [-0.25, -0.2) is 8.42 Å². The molecular formula is C21H27N3O3S. The van der Waals surface area contributed by atoms with Gasteiger partial charge in [-0.15, -0.1) is 0 Å². The van der Waals surface area contributed by atoms with E-state index in [0.29, 0.717) is 43.0 Å². The molecule has 1 aliphatic heterocycles. The first kappa shape index (κ1) is 20.5. The molecule has 7 heteroatoms. The van der Waals surface area contributed by atoms with E-state index >= 15 is 0 Å². The molecule has 150 valence electrons. The standard InChI is InChI=1S/C21H27N3O3S/c1-15-11-16(2)13-19(12-15)22-21(25)18-6-5-17(3)20(14-18)28(26,27)24-9-7-23(4)8-10-24/h5-6,11-14H,7-10H2,1-4H3,(H,22,25). The zero-order valence-electron chi connectivity index (χ0n) is 16.8. The fraction of sp³-hybridized carbons (Fsp3) is 0.381. The molecule has 1 N–H and O–H groups in total. The van der Waals surface area contributed by atoms with E-state index in [2.05, 4.69) is 10.2 Å². The van der Waals surface area contributed by atoms with Crippen LogP contribution in [-0.2, 0) is 10.0 Å². The highest BCUT2D eigenvalue weighted by atomic mass is 32.2. The molecule has 0 atom stereocenters. The Kier molecular flexibility index (Phi) is 5.88. The van der Waals surface area contributed by atoms with Crippen molar-refractivity contribution in [3.05, 3.63) is 58.7 Å². The number of nitrogens with one attached hydrogen (secondary N) is 1. The highest BCUT2D eigenvalue weighted by Crippen LogP contribution is 2.23. The van der Waals surface area contributed by atoms with Crippen LogP contribution in [0.1, 0.15) is 27.0 Å². The van der Waals surface area contributed by atoms with Gasteiger partial charge >= 0.3 is 0 Å². The van der Waals surface area contributed by atoms with E-state index in [1.54, 1.807) is 19.1 Å². The van der Waals surface area contributed by atoms with Crippen LogP contribution in [0.3, 0.4) is 0 Å². The smallest absolute Gasteiger partial charge is 0.255 e. The number of piperazine rings is 1. The minimum atomic E-state index is -3.63. The second kappa shape index (κ2) is 8.03. The third kappa shape index (κ3) is 4.43. The van der Waals surface area contributed by atoms with Crippen LogP contribution in [0, 0.1) is 20.8 Å². The number of hydrogen-bond acceptors (Lipinski definition) is 4. The number of nitrogens with zero attached hydrogens (tertiary/aromatic N) is 2. The zero-order chi connectivity index (χ0) is 20.5. The largest absolute Gasteiger partial charge is 0.322 e. The molecule has 0 bridgehead atoms. The van der Waals surface area contributed by atoms with Crippen molar-refractivity contribution >= 4 is 21.6 Å². The number of carbonyl (C=O) groups is 1. The number of likely N-dealkylation sites (N-methyl/N-ethyl adjacent to an activating group) is 1. The number of rotatable bonds is 4. The summed E-state index contributed by atoms with van der Waals surface area (Å²) in [6, 6.07) is 10.7. The number of benzene rings is 2. The molecule has 1 amide bonds. The molecule has 1 saturated heterocycles. The predicted octanol–water partition coefficient (Wildman–Crippen LogP) is 2.80. The Morgan fingerprint density at radius 2 is 1.54 bits per heavy atom. The van der Waals surface area contributed by atoms with E-state index in [0.717, 1.165) is 11.1 Å². The normalized spacial score (nSPS) is 16.1. The Hall–Kier alpha value is -2.22. The molecule has 6 nitrogen and oxygen atoms in total. The van der Waals surface area contributed by atoms with Crippen LogP contribution >= 0.6 is 0 Å². The number of amides is 1. The number of aryl methyl sites for hydroxylation is 3. The van der Waals surface area contributed by atoms with Gasteiger partial charge in [0.1, 0.15) is 0 Å². The SMILES string of the molecule is Cc1cc(C)cc(NC(=O)c2ccc(C)c(S(=O)(=O)N3CCN(C)CC3)c2)c1. The molecule has 0 aliphatic carbocycles. The minimum Gasteiger partial charge on any atom is -0.322 e. The summed E-state index contributed by atoms with van der Waals surface area (Å²) in [7, 11) is -1.65. The van der Waals surface area contributed by atoms with E-state index in [1.165, 1.54) is 10.4 Å². The van der Waals surface area contributed by atoms with Crippen molar-refractivity contribution in [2.24, 2.45) is 0 Å². The summed E-state index contributed by atoms with van der Waals surface area (Å²) in [5.74, 6) is -0.320. The number of carbonyl (C=O) groups excluding carboxylic acids is 1. The Labute approximate surface area is 167 Å². The lowest BCUT2D eigenvalue weighted by atomic mass is 10.1. The molecule has 28 heavy (non-hydrogen) atoms. The predicted molar refractivity (Wildman–Crippen MR) is 111 cm³/mol. The highest BCUT2D eigenvalue weighted by Gasteiger charge is 2.29. The summed E-state index contributed by atoms with van der Waals surface area (Å²) in [6.07, 6.45) is 0. The van der Waals surface area contributed by atoms with Gasteiger partial charge in [0, 0.05) is 37.4 Å². The summed E-state index contributed by atoms with van der Waals surface area (Å²) in [6.45, 7) is 8.00. The molecule has 0 spiro atoms. The van der Waals surface area contributed by atoms with Crippen LogP contribution in [0.15, 0.2) is 41.3 Å². The molecule has 2 aromatic carbocycles. The van der Waals surface area contributed by atoms with Gasteiger partial charge < -0.3 is 10.2 Å². The number of sulfonamides is 1. The topological polar surface area (TPSA) is 69.7 Å². The van der Waals surface area contributed by atoms with Gasteiger partial charge in [-0.1, -0.05) is 12.1 Å². The van der Waals surface area contributed by atoms with E-state index in [-0.39, 0.29) is 10.8 Å². The maximum atomic E-state index is 13.1. The second-order valence-corrected chi connectivity index (χ2v) is 9.42. The summed E-state index contributed by atoms with van der Waals surface area (Å²) in [5, 5.41) is 2.87. The molecule has 0 radical (unpaired) electrons. The molecule has 0 aromatic heterocycles. The van der Waals surface area contributed by atoms with Gasteiger partial charge in [0.15, 0.2) is 0 Å². The van der Waals surface area contributed by atoms with Crippen LogP contribution in [-0.4, -0.2) is 56.8 Å². The number of hydrogen-bond donors (Lipinski definition) is 1. The highest BCUT2D eigenvalue weighted by molar-refractivity contribution is 7.89. The van der Waals surface area contributed by atoms with Crippen molar-refractivity contribution in [1.29, 1.82) is 0 Å². The van der Waals surface area contributed by atoms with Crippen LogP contribution in [0.25, 0.3) is 0 Å². The van der Waals surface area contributed by atoms with Crippen molar-refractivity contribution in [2.45, 2.75) is 25.7 Å². The average Bonchev–Trinajstić information content (AvgIpc) is 2.61. The van der Waals surface area contributed by atoms with Gasteiger partial charge in [-0.2, -0.15) is 4.31 Å². The zero-order valence-corrected chi connectivity index (χ0v) is 17.6. The molecule has 1 aliphatic rings. The molecular weight excluding hydrogens is 374 g/mol. The lowest BCUT2D eigenvalue weighted by Gasteiger charge is -2.32. The summed E-state index contributed by atoms with van der Waals surface area (Å²) in [5.41, 5.74) is 3.78. The minimum absolute atomic E-state index is 0.199. The van der Waals surface area contributed by atoms with Crippen LogP contribution in [0.2, 0.25) is 0 Å². The summed E-state index contributed by atoms with van der Waals surface area (Å²) >= 11 is 0. The Morgan fingerprint density at radius 1 is 0.929 bits per heavy atom. The van der Waals surface area contributed by atoms with Gasteiger partial charge in [0.05, 0.1) is 4.90 Å². The van der Waals surface area contributed by atoms with Gasteiger partial charge in [0.2, 0.25) is 10.0 Å². The lowest BCUT2D eigenvalue weighted by Crippen LogP contribution is -2.47. The molecule has 0 saturated carbocycles. The first-order chi connectivity index (χ1) is 13.2. The van der Waals surface area contributed by atoms with E-state index in [1.807, 2.05) is 39.1 Å². The molecule has 0 unspecified atom stereocenters. The van der Waals surface area contributed by atoms with E-state index in [4.69, 9.17) is 0 Å². The second-order valence-electron chi connectivity index (χ2n) is 7.52. The molecule has 1 fully saturated rings. The maximum Gasteiger partial charge on any atom is 0.255 e. The summed E-state index contributed by atoms with van der Waals surface area (Å²) in [4.78, 5) is 15.0. The van der Waals surface area contributed by atoms with Crippen molar-refractivity contribution in [3.8, 4) is 0 Å².